The maximum absolute atomic E-state index is 13.9. The lowest BCUT2D eigenvalue weighted by atomic mass is 10.2. The summed E-state index contributed by atoms with van der Waals surface area (Å²) in [6, 6.07) is 3.34. The van der Waals surface area contributed by atoms with E-state index in [1.807, 2.05) is 0 Å². The van der Waals surface area contributed by atoms with Crippen molar-refractivity contribution >= 4 is 15.9 Å². The summed E-state index contributed by atoms with van der Waals surface area (Å²) in [7, 11) is -3.72. The SMILES string of the molecule is CCCCCCNC(=O)c1cc(S(=O)(=O)N(CC)CC)ccc1F. The highest BCUT2D eigenvalue weighted by atomic mass is 32.2. The van der Waals surface area contributed by atoms with E-state index < -0.39 is 21.7 Å². The fourth-order valence-corrected chi connectivity index (χ4v) is 3.89. The van der Waals surface area contributed by atoms with Crippen LogP contribution in [0, 0.1) is 5.82 Å². The molecule has 0 aromatic heterocycles. The first-order chi connectivity index (χ1) is 11.4. The van der Waals surface area contributed by atoms with Gasteiger partial charge in [-0.15, -0.1) is 0 Å². The van der Waals surface area contributed by atoms with Gasteiger partial charge in [-0.2, -0.15) is 4.31 Å². The molecule has 0 aliphatic heterocycles. The highest BCUT2D eigenvalue weighted by molar-refractivity contribution is 7.89. The van der Waals surface area contributed by atoms with Gasteiger partial charge in [-0.25, -0.2) is 12.8 Å². The molecule has 0 aliphatic carbocycles. The number of carbonyl (C=O) groups is 1. The molecule has 0 bridgehead atoms. The van der Waals surface area contributed by atoms with Gasteiger partial charge in [0.05, 0.1) is 10.5 Å². The number of amides is 1. The summed E-state index contributed by atoms with van der Waals surface area (Å²) < 4.78 is 40.2. The number of benzene rings is 1. The molecule has 0 spiro atoms. The second-order valence-corrected chi connectivity index (χ2v) is 7.49. The number of rotatable bonds is 10. The zero-order valence-corrected chi connectivity index (χ0v) is 15.5. The Bertz CT molecular complexity index is 643. The lowest BCUT2D eigenvalue weighted by Crippen LogP contribution is -2.31. The fourth-order valence-electron chi connectivity index (χ4n) is 2.40. The van der Waals surface area contributed by atoms with Crippen LogP contribution in [0.25, 0.3) is 0 Å². The van der Waals surface area contributed by atoms with E-state index in [1.54, 1.807) is 13.8 Å². The van der Waals surface area contributed by atoms with E-state index in [0.717, 1.165) is 37.8 Å². The second-order valence-electron chi connectivity index (χ2n) is 5.55. The first-order valence-electron chi connectivity index (χ1n) is 8.46. The molecule has 0 saturated carbocycles. The molecule has 7 heteroatoms. The Balaban J connectivity index is 2.92. The molecule has 0 fully saturated rings. The largest absolute Gasteiger partial charge is 0.352 e. The van der Waals surface area contributed by atoms with Crippen LogP contribution in [-0.4, -0.2) is 38.3 Å². The van der Waals surface area contributed by atoms with Crippen molar-refractivity contribution in [3.63, 3.8) is 0 Å². The van der Waals surface area contributed by atoms with Gasteiger partial charge in [-0.1, -0.05) is 40.0 Å². The second kappa shape index (κ2) is 9.74. The molecule has 1 aromatic carbocycles. The number of nitrogens with zero attached hydrogens (tertiary/aromatic N) is 1. The number of hydrogen-bond donors (Lipinski definition) is 1. The van der Waals surface area contributed by atoms with Crippen molar-refractivity contribution in [1.29, 1.82) is 0 Å². The van der Waals surface area contributed by atoms with E-state index in [9.17, 15) is 17.6 Å². The molecule has 0 unspecified atom stereocenters. The standard InChI is InChI=1S/C17H27FN2O3S/c1-4-7-8-9-12-19-17(21)15-13-14(10-11-16(15)18)24(22,23)20(5-2)6-3/h10-11,13H,4-9,12H2,1-3H3,(H,19,21). The lowest BCUT2D eigenvalue weighted by Gasteiger charge is -2.19. The fraction of sp³-hybridized carbons (Fsp3) is 0.588. The van der Waals surface area contributed by atoms with Gasteiger partial charge in [0, 0.05) is 19.6 Å². The third-order valence-corrected chi connectivity index (χ3v) is 5.89. The van der Waals surface area contributed by atoms with E-state index in [2.05, 4.69) is 12.2 Å². The van der Waals surface area contributed by atoms with Crippen LogP contribution in [0.1, 0.15) is 56.8 Å². The number of carbonyl (C=O) groups excluding carboxylic acids is 1. The Hall–Kier alpha value is -1.47. The van der Waals surface area contributed by atoms with Gasteiger partial charge >= 0.3 is 0 Å². The van der Waals surface area contributed by atoms with Crippen LogP contribution >= 0.6 is 0 Å². The summed E-state index contributed by atoms with van der Waals surface area (Å²) in [5.74, 6) is -1.31. The van der Waals surface area contributed by atoms with E-state index in [-0.39, 0.29) is 10.5 Å². The van der Waals surface area contributed by atoms with Gasteiger partial charge in [0.2, 0.25) is 10.0 Å². The predicted octanol–water partition coefficient (Wildman–Crippen LogP) is 3.17. The van der Waals surface area contributed by atoms with Crippen LogP contribution in [-0.2, 0) is 10.0 Å². The van der Waals surface area contributed by atoms with E-state index >= 15 is 0 Å². The smallest absolute Gasteiger partial charge is 0.254 e. The summed E-state index contributed by atoms with van der Waals surface area (Å²) in [6.45, 7) is 6.63. The minimum Gasteiger partial charge on any atom is -0.352 e. The molecule has 1 rings (SSSR count). The monoisotopic (exact) mass is 358 g/mol. The number of sulfonamides is 1. The highest BCUT2D eigenvalue weighted by Crippen LogP contribution is 2.19. The molecule has 0 saturated heterocycles. The van der Waals surface area contributed by atoms with Gasteiger partial charge in [0.25, 0.3) is 5.91 Å². The molecule has 1 aromatic rings. The number of nitrogens with one attached hydrogen (secondary N) is 1. The maximum Gasteiger partial charge on any atom is 0.254 e. The Labute approximate surface area is 144 Å². The van der Waals surface area contributed by atoms with Crippen LogP contribution in [0.2, 0.25) is 0 Å². The predicted molar refractivity (Wildman–Crippen MR) is 93.0 cm³/mol. The summed E-state index contributed by atoms with van der Waals surface area (Å²) in [6.07, 6.45) is 3.99. The molecule has 0 aliphatic rings. The van der Waals surface area contributed by atoms with Crippen molar-refractivity contribution in [2.75, 3.05) is 19.6 Å². The van der Waals surface area contributed by atoms with Crippen LogP contribution < -0.4 is 5.32 Å². The Morgan fingerprint density at radius 3 is 2.38 bits per heavy atom. The van der Waals surface area contributed by atoms with Gasteiger partial charge in [0.1, 0.15) is 5.82 Å². The first kappa shape index (κ1) is 20.6. The zero-order valence-electron chi connectivity index (χ0n) is 14.6. The normalized spacial score (nSPS) is 11.7. The van der Waals surface area contributed by atoms with Crippen LogP contribution in [0.5, 0.6) is 0 Å². The molecule has 1 amide bonds. The molecular weight excluding hydrogens is 331 g/mol. The lowest BCUT2D eigenvalue weighted by molar-refractivity contribution is 0.0948. The summed E-state index contributed by atoms with van der Waals surface area (Å²) in [5, 5.41) is 2.65. The van der Waals surface area contributed by atoms with Crippen molar-refractivity contribution in [2.24, 2.45) is 0 Å². The van der Waals surface area contributed by atoms with E-state index in [0.29, 0.717) is 19.6 Å². The van der Waals surface area contributed by atoms with Crippen molar-refractivity contribution < 1.29 is 17.6 Å². The molecule has 0 heterocycles. The van der Waals surface area contributed by atoms with Crippen LogP contribution in [0.15, 0.2) is 23.1 Å². The Morgan fingerprint density at radius 2 is 1.79 bits per heavy atom. The third-order valence-electron chi connectivity index (χ3n) is 3.84. The van der Waals surface area contributed by atoms with Crippen molar-refractivity contribution in [3.8, 4) is 0 Å². The quantitative estimate of drug-likeness (QED) is 0.653. The van der Waals surface area contributed by atoms with E-state index in [4.69, 9.17) is 0 Å². The summed E-state index contributed by atoms with van der Waals surface area (Å²) >= 11 is 0. The molecule has 24 heavy (non-hydrogen) atoms. The average Bonchev–Trinajstić information content (AvgIpc) is 2.55. The molecule has 1 N–H and O–H groups in total. The van der Waals surface area contributed by atoms with Crippen molar-refractivity contribution in [1.82, 2.24) is 9.62 Å². The zero-order chi connectivity index (χ0) is 18.2. The molecule has 136 valence electrons. The van der Waals surface area contributed by atoms with Crippen LogP contribution in [0.3, 0.4) is 0 Å². The van der Waals surface area contributed by atoms with Gasteiger partial charge in [-0.3, -0.25) is 4.79 Å². The highest BCUT2D eigenvalue weighted by Gasteiger charge is 2.24. The number of hydrogen-bond acceptors (Lipinski definition) is 3. The van der Waals surface area contributed by atoms with Crippen LogP contribution in [0.4, 0.5) is 4.39 Å². The topological polar surface area (TPSA) is 66.5 Å². The van der Waals surface area contributed by atoms with Gasteiger partial charge < -0.3 is 5.32 Å². The maximum atomic E-state index is 13.9. The Kier molecular flexibility index (Phi) is 8.35. The van der Waals surface area contributed by atoms with Crippen molar-refractivity contribution in [2.45, 2.75) is 51.3 Å². The first-order valence-corrected chi connectivity index (χ1v) is 9.90. The van der Waals surface area contributed by atoms with Gasteiger partial charge in [-0.05, 0) is 24.6 Å². The number of halogens is 1. The molecule has 0 radical (unpaired) electrons. The Morgan fingerprint density at radius 1 is 1.12 bits per heavy atom. The molecule has 5 nitrogen and oxygen atoms in total. The minimum absolute atomic E-state index is 0.0660. The third kappa shape index (κ3) is 5.27. The molecule has 0 atom stereocenters. The summed E-state index contributed by atoms with van der Waals surface area (Å²) in [5.41, 5.74) is -0.237. The van der Waals surface area contributed by atoms with Gasteiger partial charge in [0.15, 0.2) is 0 Å². The molecular formula is C17H27FN2O3S. The van der Waals surface area contributed by atoms with E-state index in [1.165, 1.54) is 10.4 Å². The number of unbranched alkanes of at least 4 members (excludes halogenated alkanes) is 3. The average molecular weight is 358 g/mol. The minimum atomic E-state index is -3.72. The summed E-state index contributed by atoms with van der Waals surface area (Å²) in [4.78, 5) is 12.1. The van der Waals surface area contributed by atoms with Crippen molar-refractivity contribution in [3.05, 3.63) is 29.6 Å².